The van der Waals surface area contributed by atoms with E-state index in [1.54, 1.807) is 29.4 Å². The summed E-state index contributed by atoms with van der Waals surface area (Å²) >= 11 is 5.60. The molecule has 14 heavy (non-hydrogen) atoms. The number of carbonyl (C=O) groups excluding carboxylic acids is 1. The summed E-state index contributed by atoms with van der Waals surface area (Å²) in [6, 6.07) is 3.42. The van der Waals surface area contributed by atoms with Crippen molar-refractivity contribution in [3.8, 4) is 0 Å². The number of amides is 1. The lowest BCUT2D eigenvalue weighted by atomic mass is 10.2. The van der Waals surface area contributed by atoms with Crippen molar-refractivity contribution in [1.82, 2.24) is 9.88 Å². The van der Waals surface area contributed by atoms with Crippen LogP contribution in [-0.2, 0) is 0 Å². The van der Waals surface area contributed by atoms with Crippen LogP contribution >= 0.6 is 11.6 Å². The van der Waals surface area contributed by atoms with Crippen molar-refractivity contribution in [2.75, 3.05) is 19.0 Å². The van der Waals surface area contributed by atoms with Crippen molar-refractivity contribution in [1.29, 1.82) is 0 Å². The van der Waals surface area contributed by atoms with E-state index in [1.165, 1.54) is 0 Å². The predicted molar refractivity (Wildman–Crippen MR) is 56.5 cm³/mol. The highest BCUT2D eigenvalue weighted by Gasteiger charge is 2.12. The molecule has 0 atom stereocenters. The SMILES string of the molecule is CCN(CCCl)C(=O)c1ccncc1. The largest absolute Gasteiger partial charge is 0.338 e. The van der Waals surface area contributed by atoms with Crippen LogP contribution in [0.2, 0.25) is 0 Å². The Morgan fingerprint density at radius 1 is 1.50 bits per heavy atom. The van der Waals surface area contributed by atoms with E-state index in [-0.39, 0.29) is 5.91 Å². The van der Waals surface area contributed by atoms with E-state index in [2.05, 4.69) is 4.98 Å². The number of alkyl halides is 1. The van der Waals surface area contributed by atoms with Gasteiger partial charge in [0, 0.05) is 36.9 Å². The molecule has 0 saturated carbocycles. The maximum Gasteiger partial charge on any atom is 0.253 e. The quantitative estimate of drug-likeness (QED) is 0.713. The molecule has 4 heteroatoms. The van der Waals surface area contributed by atoms with Crippen molar-refractivity contribution in [2.24, 2.45) is 0 Å². The lowest BCUT2D eigenvalue weighted by molar-refractivity contribution is 0.0774. The average Bonchev–Trinajstić information content (AvgIpc) is 2.26. The first kappa shape index (κ1) is 11.0. The van der Waals surface area contributed by atoms with E-state index in [1.807, 2.05) is 6.92 Å². The molecule has 0 aromatic carbocycles. The highest BCUT2D eigenvalue weighted by molar-refractivity contribution is 6.18. The summed E-state index contributed by atoms with van der Waals surface area (Å²) in [7, 11) is 0. The van der Waals surface area contributed by atoms with Gasteiger partial charge in [-0.15, -0.1) is 11.6 Å². The van der Waals surface area contributed by atoms with Gasteiger partial charge in [0.25, 0.3) is 5.91 Å². The van der Waals surface area contributed by atoms with Crippen LogP contribution in [0.5, 0.6) is 0 Å². The second kappa shape index (κ2) is 5.60. The number of carbonyl (C=O) groups is 1. The minimum Gasteiger partial charge on any atom is -0.338 e. The third-order valence-corrected chi connectivity index (χ3v) is 2.12. The van der Waals surface area contributed by atoms with Gasteiger partial charge in [0.1, 0.15) is 0 Å². The molecule has 0 saturated heterocycles. The molecule has 1 aromatic heterocycles. The van der Waals surface area contributed by atoms with Gasteiger partial charge in [0.15, 0.2) is 0 Å². The Labute approximate surface area is 88.7 Å². The molecule has 0 bridgehead atoms. The molecule has 0 aliphatic carbocycles. The molecule has 0 aliphatic rings. The Morgan fingerprint density at radius 2 is 2.14 bits per heavy atom. The minimum absolute atomic E-state index is 0.00977. The van der Waals surface area contributed by atoms with Crippen LogP contribution in [0.25, 0.3) is 0 Å². The zero-order valence-corrected chi connectivity index (χ0v) is 8.87. The fraction of sp³-hybridized carbons (Fsp3) is 0.400. The third-order valence-electron chi connectivity index (χ3n) is 1.95. The maximum absolute atomic E-state index is 11.8. The molecule has 1 heterocycles. The van der Waals surface area contributed by atoms with Gasteiger partial charge in [0.2, 0.25) is 0 Å². The number of hydrogen-bond acceptors (Lipinski definition) is 2. The second-order valence-corrected chi connectivity index (χ2v) is 3.19. The Balaban J connectivity index is 2.73. The Hall–Kier alpha value is -1.09. The third kappa shape index (κ3) is 2.70. The number of nitrogens with zero attached hydrogens (tertiary/aromatic N) is 2. The summed E-state index contributed by atoms with van der Waals surface area (Å²) in [6.07, 6.45) is 3.23. The van der Waals surface area contributed by atoms with Gasteiger partial charge >= 0.3 is 0 Å². The lowest BCUT2D eigenvalue weighted by Gasteiger charge is -2.19. The lowest BCUT2D eigenvalue weighted by Crippen LogP contribution is -2.32. The molecule has 0 N–H and O–H groups in total. The number of hydrogen-bond donors (Lipinski definition) is 0. The average molecular weight is 213 g/mol. The van der Waals surface area contributed by atoms with E-state index in [0.29, 0.717) is 24.5 Å². The number of pyridine rings is 1. The summed E-state index contributed by atoms with van der Waals surface area (Å²) in [4.78, 5) is 17.4. The molecule has 0 fully saturated rings. The van der Waals surface area contributed by atoms with Crippen LogP contribution in [-0.4, -0.2) is 34.8 Å². The van der Waals surface area contributed by atoms with Crippen molar-refractivity contribution in [2.45, 2.75) is 6.92 Å². The number of halogens is 1. The minimum atomic E-state index is 0.00977. The molecule has 3 nitrogen and oxygen atoms in total. The zero-order valence-electron chi connectivity index (χ0n) is 8.11. The second-order valence-electron chi connectivity index (χ2n) is 2.81. The van der Waals surface area contributed by atoms with E-state index >= 15 is 0 Å². The van der Waals surface area contributed by atoms with Gasteiger partial charge in [0.05, 0.1) is 0 Å². The van der Waals surface area contributed by atoms with E-state index in [4.69, 9.17) is 11.6 Å². The van der Waals surface area contributed by atoms with Crippen LogP contribution in [0.4, 0.5) is 0 Å². The first-order valence-electron chi connectivity index (χ1n) is 4.54. The van der Waals surface area contributed by atoms with Gasteiger partial charge in [-0.3, -0.25) is 9.78 Å². The van der Waals surface area contributed by atoms with Gasteiger partial charge in [-0.1, -0.05) is 0 Å². The van der Waals surface area contributed by atoms with E-state index in [9.17, 15) is 4.79 Å². The Kier molecular flexibility index (Phi) is 4.40. The molecule has 0 radical (unpaired) electrons. The van der Waals surface area contributed by atoms with Gasteiger partial charge < -0.3 is 4.90 Å². The van der Waals surface area contributed by atoms with Crippen LogP contribution < -0.4 is 0 Å². The molecule has 1 rings (SSSR count). The molecule has 1 amide bonds. The van der Waals surface area contributed by atoms with Gasteiger partial charge in [-0.05, 0) is 19.1 Å². The van der Waals surface area contributed by atoms with Crippen molar-refractivity contribution >= 4 is 17.5 Å². The molecule has 0 aliphatic heterocycles. The zero-order chi connectivity index (χ0) is 10.4. The van der Waals surface area contributed by atoms with Crippen molar-refractivity contribution in [3.05, 3.63) is 30.1 Å². The highest BCUT2D eigenvalue weighted by Crippen LogP contribution is 2.03. The van der Waals surface area contributed by atoms with Crippen molar-refractivity contribution in [3.63, 3.8) is 0 Å². The molecule has 0 spiro atoms. The van der Waals surface area contributed by atoms with Gasteiger partial charge in [-0.2, -0.15) is 0 Å². The Bertz CT molecular complexity index is 289. The number of aromatic nitrogens is 1. The molecule has 1 aromatic rings. The smallest absolute Gasteiger partial charge is 0.253 e. The van der Waals surface area contributed by atoms with Gasteiger partial charge in [-0.25, -0.2) is 0 Å². The molecule has 0 unspecified atom stereocenters. The first-order chi connectivity index (χ1) is 6.79. The topological polar surface area (TPSA) is 33.2 Å². The van der Waals surface area contributed by atoms with E-state index < -0.39 is 0 Å². The molecule has 76 valence electrons. The molecular weight excluding hydrogens is 200 g/mol. The highest BCUT2D eigenvalue weighted by atomic mass is 35.5. The fourth-order valence-corrected chi connectivity index (χ4v) is 1.39. The Morgan fingerprint density at radius 3 is 2.64 bits per heavy atom. The summed E-state index contributed by atoms with van der Waals surface area (Å²) in [5, 5.41) is 0. The van der Waals surface area contributed by atoms with Crippen LogP contribution in [0, 0.1) is 0 Å². The van der Waals surface area contributed by atoms with Crippen LogP contribution in [0.1, 0.15) is 17.3 Å². The fourth-order valence-electron chi connectivity index (χ4n) is 1.18. The summed E-state index contributed by atoms with van der Waals surface area (Å²) < 4.78 is 0. The van der Waals surface area contributed by atoms with Crippen LogP contribution in [0.15, 0.2) is 24.5 Å². The normalized spacial score (nSPS) is 9.86. The number of rotatable bonds is 4. The summed E-state index contributed by atoms with van der Waals surface area (Å²) in [6.45, 7) is 3.19. The first-order valence-corrected chi connectivity index (χ1v) is 5.08. The summed E-state index contributed by atoms with van der Waals surface area (Å²) in [5.74, 6) is 0.473. The van der Waals surface area contributed by atoms with Crippen molar-refractivity contribution < 1.29 is 4.79 Å². The van der Waals surface area contributed by atoms with Crippen LogP contribution in [0.3, 0.4) is 0 Å². The summed E-state index contributed by atoms with van der Waals surface area (Å²) in [5.41, 5.74) is 0.659. The standard InChI is InChI=1S/C10H13ClN2O/c1-2-13(8-5-11)10(14)9-3-6-12-7-4-9/h3-4,6-7H,2,5,8H2,1H3. The monoisotopic (exact) mass is 212 g/mol. The predicted octanol–water partition coefficient (Wildman–Crippen LogP) is 1.78. The maximum atomic E-state index is 11.8. The molecular formula is C10H13ClN2O. The van der Waals surface area contributed by atoms with E-state index in [0.717, 1.165) is 0 Å².